The van der Waals surface area contributed by atoms with Crippen LogP contribution in [0, 0.1) is 0 Å². The molecule has 5 aliphatic heterocycles. The van der Waals surface area contributed by atoms with E-state index >= 15 is 0 Å². The molecular weight excluding hydrogens is 388 g/mol. The lowest BCUT2D eigenvalue weighted by Gasteiger charge is -2.41. The van der Waals surface area contributed by atoms with Gasteiger partial charge in [0.15, 0.2) is 0 Å². The summed E-state index contributed by atoms with van der Waals surface area (Å²) in [4.78, 5) is 27.0. The zero-order valence-corrected chi connectivity index (χ0v) is 17.0. The molecule has 2 bridgehead atoms. The van der Waals surface area contributed by atoms with Crippen LogP contribution in [-0.2, 0) is 23.8 Å². The van der Waals surface area contributed by atoms with Gasteiger partial charge in [0.25, 0.3) is 0 Å². The maximum atomic E-state index is 13.1. The van der Waals surface area contributed by atoms with Gasteiger partial charge < -0.3 is 29.2 Å². The van der Waals surface area contributed by atoms with Crippen molar-refractivity contribution in [1.29, 1.82) is 0 Å². The summed E-state index contributed by atoms with van der Waals surface area (Å²) in [6.07, 6.45) is 2.58. The SMILES string of the molecule is O=C1COC[C@@]2(CCN3C(=O)CCOc4ccccc4[C@@H]4CC[C@@H](CO4)OC[C@H]32)N1. The highest BCUT2D eigenvalue weighted by atomic mass is 16.5. The molecule has 1 N–H and O–H groups in total. The van der Waals surface area contributed by atoms with Crippen LogP contribution in [0.25, 0.3) is 0 Å². The van der Waals surface area contributed by atoms with Crippen LogP contribution in [0.5, 0.6) is 5.75 Å². The van der Waals surface area contributed by atoms with E-state index in [0.717, 1.165) is 24.2 Å². The van der Waals surface area contributed by atoms with Gasteiger partial charge in [-0.3, -0.25) is 9.59 Å². The fourth-order valence-corrected chi connectivity index (χ4v) is 5.08. The molecule has 8 heteroatoms. The third kappa shape index (κ3) is 3.68. The molecule has 5 heterocycles. The van der Waals surface area contributed by atoms with Crippen molar-refractivity contribution in [2.24, 2.45) is 0 Å². The van der Waals surface area contributed by atoms with Crippen molar-refractivity contribution in [1.82, 2.24) is 10.2 Å². The minimum Gasteiger partial charge on any atom is -0.493 e. The summed E-state index contributed by atoms with van der Waals surface area (Å²) in [6, 6.07) is 7.62. The van der Waals surface area contributed by atoms with Gasteiger partial charge in [0.2, 0.25) is 11.8 Å². The molecule has 1 aromatic rings. The minimum absolute atomic E-state index is 0.0104. The zero-order chi connectivity index (χ0) is 20.6. The van der Waals surface area contributed by atoms with Crippen molar-refractivity contribution >= 4 is 11.8 Å². The molecule has 5 aliphatic rings. The molecule has 8 nitrogen and oxygen atoms in total. The number of ether oxygens (including phenoxy) is 4. The Hall–Kier alpha value is -2.16. The van der Waals surface area contributed by atoms with E-state index < -0.39 is 5.54 Å². The molecule has 1 spiro atoms. The first kappa shape index (κ1) is 19.8. The number of carbonyl (C=O) groups excluding carboxylic acids is 2. The first-order chi connectivity index (χ1) is 14.6. The molecule has 0 unspecified atom stereocenters. The molecule has 2 amide bonds. The molecular formula is C22H28N2O6. The van der Waals surface area contributed by atoms with Crippen LogP contribution >= 0.6 is 0 Å². The molecule has 0 radical (unpaired) electrons. The Kier molecular flexibility index (Phi) is 5.39. The monoisotopic (exact) mass is 416 g/mol. The van der Waals surface area contributed by atoms with E-state index in [0.29, 0.717) is 39.4 Å². The predicted octanol–water partition coefficient (Wildman–Crippen LogP) is 1.19. The van der Waals surface area contributed by atoms with Crippen molar-refractivity contribution in [3.63, 3.8) is 0 Å². The third-order valence-electron chi connectivity index (χ3n) is 6.68. The molecule has 162 valence electrons. The van der Waals surface area contributed by atoms with Gasteiger partial charge in [-0.15, -0.1) is 0 Å². The molecule has 4 atom stereocenters. The molecule has 30 heavy (non-hydrogen) atoms. The van der Waals surface area contributed by atoms with Gasteiger partial charge in [0, 0.05) is 12.1 Å². The average molecular weight is 416 g/mol. The Morgan fingerprint density at radius 3 is 2.83 bits per heavy atom. The number of nitrogens with one attached hydrogen (secondary N) is 1. The fraction of sp³-hybridized carbons (Fsp3) is 0.636. The molecule has 3 saturated heterocycles. The number of morpholine rings is 1. The van der Waals surface area contributed by atoms with Gasteiger partial charge >= 0.3 is 0 Å². The summed E-state index contributed by atoms with van der Waals surface area (Å²) < 4.78 is 23.9. The smallest absolute Gasteiger partial charge is 0.246 e. The summed E-state index contributed by atoms with van der Waals surface area (Å²) >= 11 is 0. The maximum Gasteiger partial charge on any atom is 0.246 e. The van der Waals surface area contributed by atoms with Crippen LogP contribution in [0.1, 0.15) is 37.4 Å². The summed E-state index contributed by atoms with van der Waals surface area (Å²) in [5.41, 5.74) is 0.439. The minimum atomic E-state index is -0.590. The molecule has 0 aromatic heterocycles. The van der Waals surface area contributed by atoms with Crippen molar-refractivity contribution < 1.29 is 28.5 Å². The van der Waals surface area contributed by atoms with E-state index in [4.69, 9.17) is 18.9 Å². The van der Waals surface area contributed by atoms with Crippen molar-refractivity contribution in [2.45, 2.75) is 49.5 Å². The fourth-order valence-electron chi connectivity index (χ4n) is 5.08. The first-order valence-corrected chi connectivity index (χ1v) is 10.8. The van der Waals surface area contributed by atoms with Crippen molar-refractivity contribution in [2.75, 3.05) is 39.6 Å². The molecule has 0 saturated carbocycles. The van der Waals surface area contributed by atoms with E-state index in [2.05, 4.69) is 5.32 Å². The first-order valence-electron chi connectivity index (χ1n) is 10.8. The summed E-state index contributed by atoms with van der Waals surface area (Å²) in [5, 5.41) is 3.10. The predicted molar refractivity (Wildman–Crippen MR) is 106 cm³/mol. The number of rotatable bonds is 0. The normalized spacial score (nSPS) is 34.7. The maximum absolute atomic E-state index is 13.1. The van der Waals surface area contributed by atoms with Crippen molar-refractivity contribution in [3.05, 3.63) is 29.8 Å². The number of hydrogen-bond donors (Lipinski definition) is 1. The number of carbonyl (C=O) groups is 2. The van der Waals surface area contributed by atoms with Crippen LogP contribution < -0.4 is 10.1 Å². The third-order valence-corrected chi connectivity index (χ3v) is 6.68. The summed E-state index contributed by atoms with van der Waals surface area (Å²) in [5.74, 6) is 0.643. The molecule has 1 aromatic carbocycles. The second-order valence-electron chi connectivity index (χ2n) is 8.54. The lowest BCUT2D eigenvalue weighted by atomic mass is 9.90. The molecule has 0 aliphatic carbocycles. The standard InChI is InChI=1S/C22H28N2O6/c25-20-13-27-14-22(23-20)8-9-24-19(22)12-29-15-5-6-18(30-11-15)16-3-1-2-4-17(16)28-10-7-21(24)26/h1-4,15,18-19H,5-14H2,(H,23,25)/t15-,18-,19-,22+/m0/s1. The number of benzene rings is 1. The number of fused-ring (bicyclic) bond motifs is 6. The Morgan fingerprint density at radius 2 is 2.00 bits per heavy atom. The quantitative estimate of drug-likeness (QED) is 0.684. The Balaban J connectivity index is 1.40. The summed E-state index contributed by atoms with van der Waals surface area (Å²) in [7, 11) is 0. The van der Waals surface area contributed by atoms with Gasteiger partial charge in [-0.25, -0.2) is 0 Å². The van der Waals surface area contributed by atoms with Gasteiger partial charge in [-0.05, 0) is 25.3 Å². The van der Waals surface area contributed by atoms with Crippen LogP contribution in [0.2, 0.25) is 0 Å². The van der Waals surface area contributed by atoms with E-state index in [-0.39, 0.29) is 43.1 Å². The lowest BCUT2D eigenvalue weighted by Crippen LogP contribution is -2.65. The Bertz CT molecular complexity index is 809. The largest absolute Gasteiger partial charge is 0.493 e. The second-order valence-corrected chi connectivity index (χ2v) is 8.54. The summed E-state index contributed by atoms with van der Waals surface area (Å²) in [6.45, 7) is 2.17. The van der Waals surface area contributed by atoms with E-state index in [1.54, 1.807) is 0 Å². The van der Waals surface area contributed by atoms with Gasteiger partial charge in [0.1, 0.15) is 12.4 Å². The molecule has 3 fully saturated rings. The Morgan fingerprint density at radius 1 is 1.10 bits per heavy atom. The van der Waals surface area contributed by atoms with Crippen LogP contribution in [-0.4, -0.2) is 74.0 Å². The topological polar surface area (TPSA) is 86.3 Å². The lowest BCUT2D eigenvalue weighted by molar-refractivity contribution is -0.146. The molecule has 6 rings (SSSR count). The van der Waals surface area contributed by atoms with E-state index in [1.807, 2.05) is 29.2 Å². The van der Waals surface area contributed by atoms with Gasteiger partial charge in [-0.2, -0.15) is 0 Å². The van der Waals surface area contributed by atoms with E-state index in [1.165, 1.54) is 0 Å². The number of para-hydroxylation sites is 1. The highest BCUT2D eigenvalue weighted by molar-refractivity contribution is 5.80. The van der Waals surface area contributed by atoms with Crippen LogP contribution in [0.4, 0.5) is 0 Å². The number of amides is 2. The van der Waals surface area contributed by atoms with Crippen molar-refractivity contribution in [3.8, 4) is 5.75 Å². The Labute approximate surface area is 175 Å². The van der Waals surface area contributed by atoms with Crippen LogP contribution in [0.3, 0.4) is 0 Å². The highest BCUT2D eigenvalue weighted by Crippen LogP contribution is 2.36. The average Bonchev–Trinajstić information content (AvgIpc) is 3.09. The van der Waals surface area contributed by atoms with E-state index in [9.17, 15) is 9.59 Å². The second kappa shape index (κ2) is 8.17. The van der Waals surface area contributed by atoms with Gasteiger partial charge in [-0.1, -0.05) is 18.2 Å². The zero-order valence-electron chi connectivity index (χ0n) is 17.0. The number of nitrogens with zero attached hydrogens (tertiary/aromatic N) is 1. The highest BCUT2D eigenvalue weighted by Gasteiger charge is 2.52. The number of hydrogen-bond acceptors (Lipinski definition) is 6. The van der Waals surface area contributed by atoms with Crippen LogP contribution in [0.15, 0.2) is 24.3 Å². The van der Waals surface area contributed by atoms with Gasteiger partial charge in [0.05, 0.1) is 56.6 Å².